The van der Waals surface area contributed by atoms with E-state index in [1.165, 1.54) is 6.07 Å². The maximum Gasteiger partial charge on any atom is 0.187 e. The van der Waals surface area contributed by atoms with Gasteiger partial charge in [0.25, 0.3) is 0 Å². The first-order valence-electron chi connectivity index (χ1n) is 5.75. The van der Waals surface area contributed by atoms with Crippen LogP contribution in [0.4, 0.5) is 14.5 Å². The molecule has 0 aliphatic rings. The maximum atomic E-state index is 13.8. The first kappa shape index (κ1) is 12.2. The van der Waals surface area contributed by atoms with Crippen molar-refractivity contribution in [2.75, 3.05) is 5.73 Å². The highest BCUT2D eigenvalue weighted by Gasteiger charge is 2.17. The average molecular weight is 273 g/mol. The van der Waals surface area contributed by atoms with Crippen LogP contribution in [0.2, 0.25) is 0 Å². The summed E-state index contributed by atoms with van der Waals surface area (Å²) in [6, 6.07) is 10.2. The fourth-order valence-electron chi connectivity index (χ4n) is 1.84. The number of nitrogens with zero attached hydrogens (tertiary/aromatic N) is 4. The molecule has 100 valence electrons. The van der Waals surface area contributed by atoms with Gasteiger partial charge >= 0.3 is 0 Å². The van der Waals surface area contributed by atoms with E-state index in [0.717, 1.165) is 16.8 Å². The van der Waals surface area contributed by atoms with E-state index in [-0.39, 0.29) is 11.5 Å². The number of tetrazole rings is 1. The monoisotopic (exact) mass is 273 g/mol. The molecule has 3 rings (SSSR count). The zero-order chi connectivity index (χ0) is 14.1. The van der Waals surface area contributed by atoms with Crippen molar-refractivity contribution >= 4 is 5.69 Å². The van der Waals surface area contributed by atoms with Gasteiger partial charge in [-0.3, -0.25) is 0 Å². The Balaban J connectivity index is 2.18. The molecule has 0 fully saturated rings. The molecule has 0 atom stereocenters. The predicted octanol–water partition coefficient (Wildman–Crippen LogP) is 2.19. The molecule has 0 aliphatic heterocycles. The van der Waals surface area contributed by atoms with Crippen molar-refractivity contribution in [1.82, 2.24) is 20.2 Å². The Morgan fingerprint density at radius 3 is 2.25 bits per heavy atom. The lowest BCUT2D eigenvalue weighted by Crippen LogP contribution is -2.05. The molecule has 20 heavy (non-hydrogen) atoms. The van der Waals surface area contributed by atoms with Crippen LogP contribution in [0, 0.1) is 11.6 Å². The number of rotatable bonds is 2. The van der Waals surface area contributed by atoms with E-state index >= 15 is 0 Å². The van der Waals surface area contributed by atoms with Gasteiger partial charge in [-0.15, -0.1) is 5.10 Å². The van der Waals surface area contributed by atoms with E-state index in [0.29, 0.717) is 11.3 Å². The smallest absolute Gasteiger partial charge is 0.187 e. The average Bonchev–Trinajstić information content (AvgIpc) is 2.88. The topological polar surface area (TPSA) is 69.6 Å². The number of anilines is 1. The number of halogens is 2. The van der Waals surface area contributed by atoms with Crippen LogP contribution >= 0.6 is 0 Å². The molecule has 2 N–H and O–H groups in total. The maximum absolute atomic E-state index is 13.8. The van der Waals surface area contributed by atoms with Gasteiger partial charge in [0, 0.05) is 11.3 Å². The molecule has 2 aromatic carbocycles. The van der Waals surface area contributed by atoms with Gasteiger partial charge in [-0.1, -0.05) is 6.07 Å². The Hall–Kier alpha value is -2.83. The molecule has 0 spiro atoms. The Bertz CT molecular complexity index is 731. The fourth-order valence-corrected chi connectivity index (χ4v) is 1.84. The predicted molar refractivity (Wildman–Crippen MR) is 68.9 cm³/mol. The standard InChI is InChI=1S/C13H9F2N5/c14-10-2-1-3-11(15)12(10)20-13(17-18-19-20)8-4-6-9(16)7-5-8/h1-7H,16H2. The lowest BCUT2D eigenvalue weighted by atomic mass is 10.2. The molecule has 1 aromatic heterocycles. The molecule has 5 nitrogen and oxygen atoms in total. The summed E-state index contributed by atoms with van der Waals surface area (Å²) in [5.41, 5.74) is 6.46. The van der Waals surface area contributed by atoms with E-state index < -0.39 is 11.6 Å². The summed E-state index contributed by atoms with van der Waals surface area (Å²) in [6.07, 6.45) is 0. The van der Waals surface area contributed by atoms with E-state index in [9.17, 15) is 8.78 Å². The van der Waals surface area contributed by atoms with Crippen LogP contribution in [0.15, 0.2) is 42.5 Å². The largest absolute Gasteiger partial charge is 0.399 e. The normalized spacial score (nSPS) is 10.7. The molecule has 0 saturated carbocycles. The Morgan fingerprint density at radius 2 is 1.60 bits per heavy atom. The van der Waals surface area contributed by atoms with Crippen molar-refractivity contribution in [3.63, 3.8) is 0 Å². The zero-order valence-electron chi connectivity index (χ0n) is 10.2. The summed E-state index contributed by atoms with van der Waals surface area (Å²) in [5, 5.41) is 10.9. The number of para-hydroxylation sites is 1. The van der Waals surface area contributed by atoms with E-state index in [4.69, 9.17) is 5.73 Å². The van der Waals surface area contributed by atoms with E-state index in [1.807, 2.05) is 0 Å². The van der Waals surface area contributed by atoms with Crippen molar-refractivity contribution in [1.29, 1.82) is 0 Å². The van der Waals surface area contributed by atoms with Crippen LogP contribution in [0.3, 0.4) is 0 Å². The number of aromatic nitrogens is 4. The number of hydrogen-bond acceptors (Lipinski definition) is 4. The molecular weight excluding hydrogens is 264 g/mol. The van der Waals surface area contributed by atoms with Gasteiger partial charge in [-0.25, -0.2) is 8.78 Å². The molecule has 0 aliphatic carbocycles. The zero-order valence-corrected chi connectivity index (χ0v) is 10.2. The molecule has 0 saturated heterocycles. The third kappa shape index (κ3) is 1.99. The number of nitrogens with two attached hydrogens (primary N) is 1. The van der Waals surface area contributed by atoms with Crippen LogP contribution in [0.1, 0.15) is 0 Å². The summed E-state index contributed by atoms with van der Waals surface area (Å²) in [5.74, 6) is -1.25. The molecule has 0 bridgehead atoms. The van der Waals surface area contributed by atoms with E-state index in [2.05, 4.69) is 15.5 Å². The Labute approximate surface area is 112 Å². The van der Waals surface area contributed by atoms with Crippen molar-refractivity contribution in [2.24, 2.45) is 0 Å². The van der Waals surface area contributed by atoms with E-state index in [1.54, 1.807) is 24.3 Å². The number of benzene rings is 2. The quantitative estimate of drug-likeness (QED) is 0.727. The second-order valence-electron chi connectivity index (χ2n) is 4.11. The summed E-state index contributed by atoms with van der Waals surface area (Å²) in [7, 11) is 0. The van der Waals surface area contributed by atoms with Gasteiger partial charge in [0.2, 0.25) is 0 Å². The summed E-state index contributed by atoms with van der Waals surface area (Å²) in [6.45, 7) is 0. The lowest BCUT2D eigenvalue weighted by molar-refractivity contribution is 0.557. The van der Waals surface area contributed by atoms with Gasteiger partial charge in [-0.05, 0) is 46.8 Å². The van der Waals surface area contributed by atoms with Crippen molar-refractivity contribution in [3.8, 4) is 17.1 Å². The highest BCUT2D eigenvalue weighted by Crippen LogP contribution is 2.23. The van der Waals surface area contributed by atoms with Gasteiger partial charge in [0.05, 0.1) is 0 Å². The van der Waals surface area contributed by atoms with Crippen LogP contribution in [-0.4, -0.2) is 20.2 Å². The molecule has 0 unspecified atom stereocenters. The molecule has 0 radical (unpaired) electrons. The Morgan fingerprint density at radius 1 is 0.950 bits per heavy atom. The van der Waals surface area contributed by atoms with Crippen LogP contribution in [-0.2, 0) is 0 Å². The second-order valence-corrected chi connectivity index (χ2v) is 4.11. The molecule has 1 heterocycles. The van der Waals surface area contributed by atoms with Crippen LogP contribution < -0.4 is 5.73 Å². The SMILES string of the molecule is Nc1ccc(-c2nnnn2-c2c(F)cccc2F)cc1. The first-order chi connectivity index (χ1) is 9.66. The minimum atomic E-state index is -0.742. The van der Waals surface area contributed by atoms with Gasteiger partial charge in [0.1, 0.15) is 5.69 Å². The van der Waals surface area contributed by atoms with Gasteiger partial charge < -0.3 is 5.73 Å². The lowest BCUT2D eigenvalue weighted by Gasteiger charge is -2.07. The van der Waals surface area contributed by atoms with Crippen molar-refractivity contribution in [3.05, 3.63) is 54.1 Å². The Kier molecular flexibility index (Phi) is 2.86. The third-order valence-corrected chi connectivity index (χ3v) is 2.79. The minimum absolute atomic E-state index is 0.231. The summed E-state index contributed by atoms with van der Waals surface area (Å²) >= 11 is 0. The van der Waals surface area contributed by atoms with Gasteiger partial charge in [0.15, 0.2) is 17.5 Å². The highest BCUT2D eigenvalue weighted by molar-refractivity contribution is 5.60. The molecule has 7 heteroatoms. The fraction of sp³-hybridized carbons (Fsp3) is 0. The molecule has 0 amide bonds. The highest BCUT2D eigenvalue weighted by atomic mass is 19.1. The molecular formula is C13H9F2N5. The summed E-state index contributed by atoms with van der Waals surface area (Å²) in [4.78, 5) is 0. The molecule has 3 aromatic rings. The van der Waals surface area contributed by atoms with Crippen molar-refractivity contribution in [2.45, 2.75) is 0 Å². The second kappa shape index (κ2) is 4.69. The van der Waals surface area contributed by atoms with Crippen LogP contribution in [0.25, 0.3) is 17.1 Å². The minimum Gasteiger partial charge on any atom is -0.399 e. The third-order valence-electron chi connectivity index (χ3n) is 2.79. The van der Waals surface area contributed by atoms with Crippen LogP contribution in [0.5, 0.6) is 0 Å². The number of hydrogen-bond donors (Lipinski definition) is 1. The van der Waals surface area contributed by atoms with Crippen molar-refractivity contribution < 1.29 is 8.78 Å². The summed E-state index contributed by atoms with van der Waals surface area (Å²) < 4.78 is 28.6. The first-order valence-corrected chi connectivity index (χ1v) is 5.75. The number of nitrogen functional groups attached to an aromatic ring is 1. The van der Waals surface area contributed by atoms with Gasteiger partial charge in [-0.2, -0.15) is 4.68 Å².